The van der Waals surface area contributed by atoms with Crippen LogP contribution in [0.1, 0.15) is 35.6 Å². The fraction of sp³-hybridized carbons (Fsp3) is 0.333. The third-order valence-corrected chi connectivity index (χ3v) is 4.42. The molecule has 0 heterocycles. The van der Waals surface area contributed by atoms with Crippen LogP contribution in [-0.2, 0) is 20.7 Å². The van der Waals surface area contributed by atoms with Crippen LogP contribution in [-0.4, -0.2) is 25.1 Å². The Bertz CT molecular complexity index is 787. The Kier molecular flexibility index (Phi) is 5.89. The highest BCUT2D eigenvalue weighted by atomic mass is 16.6. The molecule has 0 unspecified atom stereocenters. The lowest BCUT2D eigenvalue weighted by Crippen LogP contribution is -2.34. The van der Waals surface area contributed by atoms with Crippen molar-refractivity contribution >= 4 is 11.9 Å². The number of hydrogen-bond donors (Lipinski definition) is 1. The molecule has 0 aromatic heterocycles. The quantitative estimate of drug-likeness (QED) is 0.811. The van der Waals surface area contributed by atoms with E-state index in [-0.39, 0.29) is 25.2 Å². The van der Waals surface area contributed by atoms with Crippen molar-refractivity contribution < 1.29 is 19.1 Å². The highest BCUT2D eigenvalue weighted by Crippen LogP contribution is 2.29. The van der Waals surface area contributed by atoms with Crippen LogP contribution in [0.15, 0.2) is 48.5 Å². The molecule has 0 aliphatic heterocycles. The van der Waals surface area contributed by atoms with Crippen LogP contribution in [0.4, 0.5) is 0 Å². The SMILES string of the molecule is Cc1cccc(OCC(=O)OCC(=O)N[C@H]2CCCc3ccccc32)c1. The van der Waals surface area contributed by atoms with E-state index in [2.05, 4.69) is 11.4 Å². The van der Waals surface area contributed by atoms with Gasteiger partial charge in [-0.3, -0.25) is 4.79 Å². The number of rotatable bonds is 6. The maximum absolute atomic E-state index is 12.1. The van der Waals surface area contributed by atoms with E-state index < -0.39 is 5.97 Å². The number of esters is 1. The molecule has 1 amide bonds. The monoisotopic (exact) mass is 353 g/mol. The Hall–Kier alpha value is -2.82. The third kappa shape index (κ3) is 4.85. The fourth-order valence-electron chi connectivity index (χ4n) is 3.17. The number of carbonyl (C=O) groups is 2. The van der Waals surface area contributed by atoms with Crippen LogP contribution < -0.4 is 10.1 Å². The maximum Gasteiger partial charge on any atom is 0.344 e. The summed E-state index contributed by atoms with van der Waals surface area (Å²) in [6.07, 6.45) is 2.97. The summed E-state index contributed by atoms with van der Waals surface area (Å²) in [4.78, 5) is 23.9. The number of carbonyl (C=O) groups excluding carboxylic acids is 2. The van der Waals surface area contributed by atoms with Crippen LogP contribution >= 0.6 is 0 Å². The zero-order chi connectivity index (χ0) is 18.4. The zero-order valence-corrected chi connectivity index (χ0v) is 14.9. The van der Waals surface area contributed by atoms with Gasteiger partial charge in [0.05, 0.1) is 6.04 Å². The van der Waals surface area contributed by atoms with Gasteiger partial charge in [-0.2, -0.15) is 0 Å². The molecule has 1 aliphatic rings. The second kappa shape index (κ2) is 8.52. The Balaban J connectivity index is 1.43. The van der Waals surface area contributed by atoms with Crippen LogP contribution in [0, 0.1) is 6.92 Å². The number of aryl methyl sites for hydroxylation is 2. The second-order valence-electron chi connectivity index (χ2n) is 6.48. The topological polar surface area (TPSA) is 64.6 Å². The average molecular weight is 353 g/mol. The van der Waals surface area contributed by atoms with E-state index in [4.69, 9.17) is 9.47 Å². The average Bonchev–Trinajstić information content (AvgIpc) is 2.65. The molecular formula is C21H23NO4. The van der Waals surface area contributed by atoms with E-state index in [0.29, 0.717) is 5.75 Å². The number of nitrogens with one attached hydrogen (secondary N) is 1. The number of benzene rings is 2. The van der Waals surface area contributed by atoms with Crippen molar-refractivity contribution in [1.82, 2.24) is 5.32 Å². The van der Waals surface area contributed by atoms with Gasteiger partial charge in [0.15, 0.2) is 13.2 Å². The van der Waals surface area contributed by atoms with Gasteiger partial charge in [-0.1, -0.05) is 36.4 Å². The number of amides is 1. The predicted octanol–water partition coefficient (Wildman–Crippen LogP) is 3.11. The Morgan fingerprint density at radius 2 is 1.96 bits per heavy atom. The molecule has 1 atom stereocenters. The molecule has 26 heavy (non-hydrogen) atoms. The van der Waals surface area contributed by atoms with E-state index in [9.17, 15) is 9.59 Å². The van der Waals surface area contributed by atoms with Crippen molar-refractivity contribution in [1.29, 1.82) is 0 Å². The van der Waals surface area contributed by atoms with E-state index in [1.54, 1.807) is 6.07 Å². The molecule has 0 bridgehead atoms. The van der Waals surface area contributed by atoms with E-state index in [1.807, 2.05) is 43.3 Å². The van der Waals surface area contributed by atoms with E-state index in [1.165, 1.54) is 5.56 Å². The van der Waals surface area contributed by atoms with E-state index >= 15 is 0 Å². The van der Waals surface area contributed by atoms with Gasteiger partial charge in [-0.05, 0) is 55.0 Å². The third-order valence-electron chi connectivity index (χ3n) is 4.42. The lowest BCUT2D eigenvalue weighted by atomic mass is 9.88. The minimum Gasteiger partial charge on any atom is -0.482 e. The number of hydrogen-bond acceptors (Lipinski definition) is 4. The van der Waals surface area contributed by atoms with Gasteiger partial charge in [0.25, 0.3) is 5.91 Å². The molecule has 5 nitrogen and oxygen atoms in total. The minimum absolute atomic E-state index is 0.0188. The first-order valence-corrected chi connectivity index (χ1v) is 8.84. The highest BCUT2D eigenvalue weighted by Gasteiger charge is 2.21. The van der Waals surface area contributed by atoms with Crippen molar-refractivity contribution in [3.8, 4) is 5.75 Å². The van der Waals surface area contributed by atoms with Crippen molar-refractivity contribution in [2.75, 3.05) is 13.2 Å². The van der Waals surface area contributed by atoms with Gasteiger partial charge in [0.2, 0.25) is 0 Å². The van der Waals surface area contributed by atoms with Gasteiger partial charge in [-0.25, -0.2) is 4.79 Å². The van der Waals surface area contributed by atoms with Crippen LogP contribution in [0.3, 0.4) is 0 Å². The molecule has 2 aromatic carbocycles. The summed E-state index contributed by atoms with van der Waals surface area (Å²) in [5.41, 5.74) is 3.47. The van der Waals surface area contributed by atoms with Gasteiger partial charge in [0, 0.05) is 0 Å². The molecule has 136 valence electrons. The molecule has 2 aromatic rings. The first-order chi connectivity index (χ1) is 12.6. The molecule has 0 spiro atoms. The molecule has 1 aliphatic carbocycles. The smallest absolute Gasteiger partial charge is 0.344 e. The largest absolute Gasteiger partial charge is 0.482 e. The molecular weight excluding hydrogens is 330 g/mol. The summed E-state index contributed by atoms with van der Waals surface area (Å²) in [6.45, 7) is 1.43. The van der Waals surface area contributed by atoms with Crippen LogP contribution in [0.2, 0.25) is 0 Å². The fourth-order valence-corrected chi connectivity index (χ4v) is 3.17. The van der Waals surface area contributed by atoms with Crippen molar-refractivity contribution in [3.05, 3.63) is 65.2 Å². The summed E-state index contributed by atoms with van der Waals surface area (Å²) in [5.74, 6) is -0.258. The van der Waals surface area contributed by atoms with E-state index in [0.717, 1.165) is 30.4 Å². The van der Waals surface area contributed by atoms with Crippen molar-refractivity contribution in [2.45, 2.75) is 32.2 Å². The van der Waals surface area contributed by atoms with Crippen molar-refractivity contribution in [3.63, 3.8) is 0 Å². The number of ether oxygens (including phenoxy) is 2. The normalized spacial score (nSPS) is 15.7. The number of fused-ring (bicyclic) bond motifs is 1. The Morgan fingerprint density at radius 3 is 2.81 bits per heavy atom. The van der Waals surface area contributed by atoms with Gasteiger partial charge in [-0.15, -0.1) is 0 Å². The van der Waals surface area contributed by atoms with Gasteiger partial charge < -0.3 is 14.8 Å². The molecule has 3 rings (SSSR count). The van der Waals surface area contributed by atoms with Gasteiger partial charge >= 0.3 is 5.97 Å². The first kappa shape index (κ1) is 18.0. The van der Waals surface area contributed by atoms with Crippen LogP contribution in [0.25, 0.3) is 0 Å². The first-order valence-electron chi connectivity index (χ1n) is 8.84. The Morgan fingerprint density at radius 1 is 1.12 bits per heavy atom. The summed E-state index contributed by atoms with van der Waals surface area (Å²) in [5, 5.41) is 2.95. The molecule has 5 heteroatoms. The zero-order valence-electron chi connectivity index (χ0n) is 14.9. The summed E-state index contributed by atoms with van der Waals surface area (Å²) < 4.78 is 10.4. The van der Waals surface area contributed by atoms with Crippen LogP contribution in [0.5, 0.6) is 5.75 Å². The lowest BCUT2D eigenvalue weighted by Gasteiger charge is -2.26. The molecule has 0 fully saturated rings. The lowest BCUT2D eigenvalue weighted by molar-refractivity contribution is -0.150. The molecule has 0 radical (unpaired) electrons. The predicted molar refractivity (Wildman–Crippen MR) is 97.9 cm³/mol. The second-order valence-corrected chi connectivity index (χ2v) is 6.48. The summed E-state index contributed by atoms with van der Waals surface area (Å²) in [6, 6.07) is 15.5. The summed E-state index contributed by atoms with van der Waals surface area (Å²) in [7, 11) is 0. The Labute approximate surface area is 153 Å². The maximum atomic E-state index is 12.1. The molecule has 0 saturated carbocycles. The highest BCUT2D eigenvalue weighted by molar-refractivity contribution is 5.81. The van der Waals surface area contributed by atoms with Crippen molar-refractivity contribution in [2.24, 2.45) is 0 Å². The minimum atomic E-state index is -0.564. The molecule has 0 saturated heterocycles. The molecule has 1 N–H and O–H groups in total. The van der Waals surface area contributed by atoms with Gasteiger partial charge in [0.1, 0.15) is 5.75 Å². The summed E-state index contributed by atoms with van der Waals surface area (Å²) >= 11 is 0. The standard InChI is InChI=1S/C21H23NO4/c1-15-6-4-9-17(12-15)25-14-21(24)26-13-20(23)22-19-11-5-8-16-7-2-3-10-18(16)19/h2-4,6-7,9-10,12,19H,5,8,11,13-14H2,1H3,(H,22,23)/t19-/m0/s1.